The Kier molecular flexibility index (Phi) is 4.73. The average molecular weight is 402 g/mol. The Morgan fingerprint density at radius 3 is 2.57 bits per heavy atom. The summed E-state index contributed by atoms with van der Waals surface area (Å²) in [6.07, 6.45) is 1.64. The second-order valence-corrected chi connectivity index (χ2v) is 8.14. The molecular weight excluding hydrogens is 384 g/mol. The van der Waals surface area contributed by atoms with Crippen LogP contribution in [0.3, 0.4) is 0 Å². The number of sulfonamides is 1. The fraction of sp³-hybridized carbons (Fsp3) is 0.278. The van der Waals surface area contributed by atoms with Gasteiger partial charge in [0.2, 0.25) is 21.7 Å². The van der Waals surface area contributed by atoms with Crippen LogP contribution in [0.1, 0.15) is 11.8 Å². The Labute approximate surface area is 162 Å². The highest BCUT2D eigenvalue weighted by Gasteiger charge is 2.40. The summed E-state index contributed by atoms with van der Waals surface area (Å²) < 4.78 is 42.7. The van der Waals surface area contributed by atoms with E-state index in [1.807, 2.05) is 6.07 Å². The number of hydrogen-bond donors (Lipinski definition) is 0. The molecule has 0 spiro atoms. The summed E-state index contributed by atoms with van der Waals surface area (Å²) in [5, 5.41) is 3.93. The normalized spacial score (nSPS) is 15.2. The van der Waals surface area contributed by atoms with Crippen LogP contribution in [-0.2, 0) is 10.0 Å². The van der Waals surface area contributed by atoms with E-state index in [0.29, 0.717) is 28.9 Å². The van der Waals surface area contributed by atoms with Crippen molar-refractivity contribution >= 4 is 10.0 Å². The molecule has 1 fully saturated rings. The lowest BCUT2D eigenvalue weighted by Crippen LogP contribution is -2.48. The fourth-order valence-corrected chi connectivity index (χ4v) is 4.46. The van der Waals surface area contributed by atoms with E-state index in [1.165, 1.54) is 30.7 Å². The number of aromatic nitrogens is 3. The van der Waals surface area contributed by atoms with E-state index in [-0.39, 0.29) is 23.9 Å². The lowest BCUT2D eigenvalue weighted by Gasteiger charge is -2.35. The highest BCUT2D eigenvalue weighted by atomic mass is 32.2. The minimum absolute atomic E-state index is 0.142. The van der Waals surface area contributed by atoms with Crippen molar-refractivity contribution in [1.29, 1.82) is 0 Å². The maximum Gasteiger partial charge on any atom is 0.243 e. The summed E-state index contributed by atoms with van der Waals surface area (Å²) in [6.45, 7) is 0.529. The van der Waals surface area contributed by atoms with Gasteiger partial charge in [0, 0.05) is 25.4 Å². The van der Waals surface area contributed by atoms with Crippen LogP contribution in [0.5, 0.6) is 11.5 Å². The molecule has 3 heterocycles. The van der Waals surface area contributed by atoms with Crippen LogP contribution < -0.4 is 9.47 Å². The summed E-state index contributed by atoms with van der Waals surface area (Å²) >= 11 is 0. The van der Waals surface area contributed by atoms with Gasteiger partial charge in [0.25, 0.3) is 0 Å². The van der Waals surface area contributed by atoms with Gasteiger partial charge < -0.3 is 14.0 Å². The van der Waals surface area contributed by atoms with Gasteiger partial charge in [-0.1, -0.05) is 11.2 Å². The first-order valence-electron chi connectivity index (χ1n) is 8.50. The van der Waals surface area contributed by atoms with Gasteiger partial charge in [-0.05, 0) is 24.3 Å². The summed E-state index contributed by atoms with van der Waals surface area (Å²) in [5.41, 5.74) is 0.603. The van der Waals surface area contributed by atoms with Gasteiger partial charge in [0.05, 0.1) is 25.0 Å². The van der Waals surface area contributed by atoms with Crippen LogP contribution >= 0.6 is 0 Å². The molecule has 0 N–H and O–H groups in total. The van der Waals surface area contributed by atoms with Crippen LogP contribution in [0, 0.1) is 0 Å². The third-order valence-corrected chi connectivity index (χ3v) is 6.35. The number of rotatable bonds is 6. The van der Waals surface area contributed by atoms with Gasteiger partial charge in [-0.2, -0.15) is 9.29 Å². The molecule has 0 unspecified atom stereocenters. The standard InChI is InChI=1S/C18H18N4O5S/c1-25-15-7-6-13(9-16(15)26-2)28(23,24)22-10-12(11-22)18-20-17(21-27-18)14-5-3-4-8-19-14/h3-9,12H,10-11H2,1-2H3. The number of ether oxygens (including phenoxy) is 2. The first kappa shape index (κ1) is 18.4. The Hall–Kier alpha value is -2.98. The van der Waals surface area contributed by atoms with Crippen molar-refractivity contribution in [2.24, 2.45) is 0 Å². The summed E-state index contributed by atoms with van der Waals surface area (Å²) in [7, 11) is -0.694. The Morgan fingerprint density at radius 1 is 1.11 bits per heavy atom. The van der Waals surface area contributed by atoms with Crippen LogP contribution in [0.15, 0.2) is 52.0 Å². The summed E-state index contributed by atoms with van der Waals surface area (Å²) in [6, 6.07) is 9.93. The third kappa shape index (κ3) is 3.20. The van der Waals surface area contributed by atoms with Gasteiger partial charge in [0.15, 0.2) is 11.5 Å². The zero-order valence-electron chi connectivity index (χ0n) is 15.3. The third-order valence-electron chi connectivity index (χ3n) is 4.53. The molecule has 4 rings (SSSR count). The second kappa shape index (κ2) is 7.21. The molecule has 0 atom stereocenters. The van der Waals surface area contributed by atoms with Crippen LogP contribution in [0.25, 0.3) is 11.5 Å². The summed E-state index contributed by atoms with van der Waals surface area (Å²) in [4.78, 5) is 8.66. The Balaban J connectivity index is 1.48. The maximum atomic E-state index is 12.8. The molecule has 0 radical (unpaired) electrons. The molecule has 10 heteroatoms. The topological polar surface area (TPSA) is 108 Å². The van der Waals surface area contributed by atoms with E-state index in [9.17, 15) is 8.42 Å². The minimum atomic E-state index is -3.65. The van der Waals surface area contributed by atoms with E-state index in [4.69, 9.17) is 14.0 Å². The number of benzene rings is 1. The first-order valence-corrected chi connectivity index (χ1v) is 9.94. The Morgan fingerprint density at radius 2 is 1.89 bits per heavy atom. The second-order valence-electron chi connectivity index (χ2n) is 6.21. The highest BCUT2D eigenvalue weighted by Crippen LogP contribution is 2.35. The molecule has 146 valence electrons. The molecular formula is C18H18N4O5S. The van der Waals surface area contributed by atoms with Gasteiger partial charge in [0.1, 0.15) is 5.69 Å². The number of methoxy groups -OCH3 is 2. The molecule has 0 saturated carbocycles. The van der Waals surface area contributed by atoms with Crippen molar-refractivity contribution in [2.45, 2.75) is 10.8 Å². The van der Waals surface area contributed by atoms with E-state index in [2.05, 4.69) is 15.1 Å². The molecule has 0 bridgehead atoms. The Bertz CT molecular complexity index is 1080. The van der Waals surface area contributed by atoms with E-state index in [1.54, 1.807) is 24.4 Å². The minimum Gasteiger partial charge on any atom is -0.493 e. The van der Waals surface area contributed by atoms with Crippen molar-refractivity contribution in [2.75, 3.05) is 27.3 Å². The molecule has 1 aliphatic rings. The van der Waals surface area contributed by atoms with Gasteiger partial charge in [-0.25, -0.2) is 8.42 Å². The fourth-order valence-electron chi connectivity index (χ4n) is 2.92. The largest absolute Gasteiger partial charge is 0.493 e. The quantitative estimate of drug-likeness (QED) is 0.616. The van der Waals surface area contributed by atoms with Crippen LogP contribution in [0.2, 0.25) is 0 Å². The van der Waals surface area contributed by atoms with Crippen molar-refractivity contribution in [3.8, 4) is 23.0 Å². The molecule has 28 heavy (non-hydrogen) atoms. The maximum absolute atomic E-state index is 12.8. The zero-order valence-corrected chi connectivity index (χ0v) is 16.1. The molecule has 1 saturated heterocycles. The predicted molar refractivity (Wildman–Crippen MR) is 98.6 cm³/mol. The monoisotopic (exact) mass is 402 g/mol. The zero-order chi connectivity index (χ0) is 19.7. The first-order chi connectivity index (χ1) is 13.5. The van der Waals surface area contributed by atoms with Crippen LogP contribution in [-0.4, -0.2) is 55.2 Å². The number of hydrogen-bond acceptors (Lipinski definition) is 8. The molecule has 3 aromatic rings. The van der Waals surface area contributed by atoms with E-state index < -0.39 is 10.0 Å². The summed E-state index contributed by atoms with van der Waals surface area (Å²) in [5.74, 6) is 1.46. The van der Waals surface area contributed by atoms with E-state index in [0.717, 1.165) is 0 Å². The smallest absolute Gasteiger partial charge is 0.243 e. The number of pyridine rings is 1. The average Bonchev–Trinajstić information content (AvgIpc) is 3.16. The predicted octanol–water partition coefficient (Wildman–Crippen LogP) is 1.94. The number of nitrogens with zero attached hydrogens (tertiary/aromatic N) is 4. The lowest BCUT2D eigenvalue weighted by molar-refractivity contribution is 0.216. The van der Waals surface area contributed by atoms with Crippen LogP contribution in [0.4, 0.5) is 0 Å². The SMILES string of the molecule is COc1ccc(S(=O)(=O)N2CC(c3nc(-c4ccccn4)no3)C2)cc1OC. The van der Waals surface area contributed by atoms with Crippen molar-refractivity contribution < 1.29 is 22.4 Å². The van der Waals surface area contributed by atoms with E-state index >= 15 is 0 Å². The molecule has 2 aromatic heterocycles. The van der Waals surface area contributed by atoms with Gasteiger partial charge >= 0.3 is 0 Å². The lowest BCUT2D eigenvalue weighted by atomic mass is 10.0. The molecule has 9 nitrogen and oxygen atoms in total. The molecule has 1 aromatic carbocycles. The van der Waals surface area contributed by atoms with Gasteiger partial charge in [-0.15, -0.1) is 0 Å². The van der Waals surface area contributed by atoms with Crippen molar-refractivity contribution in [3.63, 3.8) is 0 Å². The van der Waals surface area contributed by atoms with Crippen molar-refractivity contribution in [3.05, 3.63) is 48.5 Å². The molecule has 0 amide bonds. The van der Waals surface area contributed by atoms with Gasteiger partial charge in [-0.3, -0.25) is 4.98 Å². The van der Waals surface area contributed by atoms with Crippen molar-refractivity contribution in [1.82, 2.24) is 19.4 Å². The highest BCUT2D eigenvalue weighted by molar-refractivity contribution is 7.89. The molecule has 1 aliphatic heterocycles. The molecule has 0 aliphatic carbocycles.